The van der Waals surface area contributed by atoms with E-state index in [0.29, 0.717) is 0 Å². The van der Waals surface area contributed by atoms with E-state index in [1.807, 2.05) is 0 Å². The Labute approximate surface area is 133 Å². The molecule has 0 saturated carbocycles. The molecular weight excluding hydrogens is 256 g/mol. The summed E-state index contributed by atoms with van der Waals surface area (Å²) in [4.78, 5) is 0. The first-order valence-corrected chi connectivity index (χ1v) is 9.79. The molecule has 124 valence electrons. The summed E-state index contributed by atoms with van der Waals surface area (Å²) >= 11 is 0. The van der Waals surface area contributed by atoms with E-state index in [1.54, 1.807) is 0 Å². The number of hydrogen-bond donors (Lipinski definition) is 0. The minimum absolute atomic E-state index is 0.877. The molecule has 2 nitrogen and oxygen atoms in total. The fraction of sp³-hybridized carbons (Fsp3) is 1.00. The van der Waals surface area contributed by atoms with Gasteiger partial charge in [-0.25, -0.2) is 0 Å². The normalized spacial score (nSPS) is 25.1. The Bertz CT molecular complexity index is 264. The zero-order chi connectivity index (χ0) is 15.2. The van der Waals surface area contributed by atoms with Crippen LogP contribution in [0.4, 0.5) is 0 Å². The molecule has 0 amide bonds. The quantitative estimate of drug-likeness (QED) is 0.478. The van der Waals surface area contributed by atoms with Gasteiger partial charge >= 0.3 is 0 Å². The van der Waals surface area contributed by atoms with Crippen molar-refractivity contribution in [3.63, 3.8) is 0 Å². The van der Waals surface area contributed by atoms with Crippen molar-refractivity contribution in [1.29, 1.82) is 0 Å². The first-order valence-electron chi connectivity index (χ1n) is 9.79. The van der Waals surface area contributed by atoms with Crippen LogP contribution < -0.4 is 0 Å². The summed E-state index contributed by atoms with van der Waals surface area (Å²) in [6, 6.07) is 0. The van der Waals surface area contributed by atoms with Crippen LogP contribution in [0.3, 0.4) is 0 Å². The molecule has 0 unspecified atom stereocenters. The standard InChI is InChI=1S/C19H40N2/c1-4-5-6-9-14-19(20(2)15-10-7-11-16-20)21(3)17-12-8-13-18-21/h19H,4-18H2,1-3H3/q+2. The van der Waals surface area contributed by atoms with Crippen molar-refractivity contribution in [3.05, 3.63) is 0 Å². The average Bonchev–Trinajstić information content (AvgIpc) is 2.48. The fourth-order valence-electron chi connectivity index (χ4n) is 5.12. The first kappa shape index (κ1) is 17.3. The highest BCUT2D eigenvalue weighted by molar-refractivity contribution is 4.62. The Morgan fingerprint density at radius 2 is 1.14 bits per heavy atom. The molecule has 2 rings (SSSR count). The lowest BCUT2D eigenvalue weighted by atomic mass is 9.99. The summed E-state index contributed by atoms with van der Waals surface area (Å²) in [5.74, 6) is 0. The zero-order valence-corrected chi connectivity index (χ0v) is 15.1. The van der Waals surface area contributed by atoms with E-state index in [1.165, 1.54) is 106 Å². The summed E-state index contributed by atoms with van der Waals surface area (Å²) < 4.78 is 2.76. The number of rotatable bonds is 7. The lowest BCUT2D eigenvalue weighted by molar-refractivity contribution is -1.12. The highest BCUT2D eigenvalue weighted by atomic mass is 15.5. The van der Waals surface area contributed by atoms with Crippen LogP contribution in [-0.2, 0) is 0 Å². The molecular formula is C19H40N2+2. The zero-order valence-electron chi connectivity index (χ0n) is 15.1. The maximum Gasteiger partial charge on any atom is 0.216 e. The van der Waals surface area contributed by atoms with Gasteiger partial charge in [0.15, 0.2) is 0 Å². The monoisotopic (exact) mass is 296 g/mol. The van der Waals surface area contributed by atoms with E-state index < -0.39 is 0 Å². The van der Waals surface area contributed by atoms with Crippen molar-refractivity contribution < 1.29 is 8.97 Å². The Morgan fingerprint density at radius 3 is 1.57 bits per heavy atom. The molecule has 2 aliphatic heterocycles. The molecule has 0 radical (unpaired) electrons. The maximum atomic E-state index is 2.59. The Hall–Kier alpha value is -0.0800. The number of hydrogen-bond acceptors (Lipinski definition) is 0. The Kier molecular flexibility index (Phi) is 6.55. The van der Waals surface area contributed by atoms with Gasteiger partial charge in [-0.2, -0.15) is 0 Å². The molecule has 2 saturated heterocycles. The van der Waals surface area contributed by atoms with Gasteiger partial charge in [-0.05, 0) is 44.9 Å². The van der Waals surface area contributed by atoms with Gasteiger partial charge in [-0.3, -0.25) is 8.97 Å². The lowest BCUT2D eigenvalue weighted by Gasteiger charge is -2.53. The van der Waals surface area contributed by atoms with E-state index in [9.17, 15) is 0 Å². The van der Waals surface area contributed by atoms with Crippen LogP contribution in [0.5, 0.6) is 0 Å². The van der Waals surface area contributed by atoms with Crippen molar-refractivity contribution in [2.24, 2.45) is 0 Å². The highest BCUT2D eigenvalue weighted by Crippen LogP contribution is 2.32. The number of unbranched alkanes of at least 4 members (excludes halogenated alkanes) is 3. The van der Waals surface area contributed by atoms with Crippen molar-refractivity contribution in [3.8, 4) is 0 Å². The Balaban J connectivity index is 2.05. The van der Waals surface area contributed by atoms with E-state index in [0.717, 1.165) is 6.17 Å². The SMILES string of the molecule is CCCCCCC([N+]1(C)CCCCC1)[N+]1(C)CCCCC1. The van der Waals surface area contributed by atoms with Gasteiger partial charge in [0.2, 0.25) is 6.17 Å². The molecule has 0 N–H and O–H groups in total. The van der Waals surface area contributed by atoms with E-state index in [2.05, 4.69) is 21.0 Å². The predicted octanol–water partition coefficient (Wildman–Crippen LogP) is 4.54. The topological polar surface area (TPSA) is 0 Å². The van der Waals surface area contributed by atoms with Gasteiger partial charge in [-0.15, -0.1) is 0 Å². The van der Waals surface area contributed by atoms with Crippen LogP contribution in [-0.4, -0.2) is 55.4 Å². The Morgan fingerprint density at radius 1 is 0.667 bits per heavy atom. The van der Waals surface area contributed by atoms with Crippen LogP contribution in [0.1, 0.15) is 77.6 Å². The minimum Gasteiger partial charge on any atom is -0.277 e. The minimum atomic E-state index is 0.877. The van der Waals surface area contributed by atoms with Crippen molar-refractivity contribution >= 4 is 0 Å². The average molecular weight is 297 g/mol. The third-order valence-corrected chi connectivity index (χ3v) is 6.43. The summed E-state index contributed by atoms with van der Waals surface area (Å²) in [6.07, 6.45) is 16.8. The third kappa shape index (κ3) is 4.45. The molecule has 2 heteroatoms. The van der Waals surface area contributed by atoms with Crippen LogP contribution in [0, 0.1) is 0 Å². The molecule has 0 bridgehead atoms. The molecule has 2 fully saturated rings. The highest BCUT2D eigenvalue weighted by Gasteiger charge is 2.46. The molecule has 2 heterocycles. The van der Waals surface area contributed by atoms with Crippen molar-refractivity contribution in [1.82, 2.24) is 0 Å². The molecule has 0 atom stereocenters. The largest absolute Gasteiger partial charge is 0.277 e. The van der Waals surface area contributed by atoms with Gasteiger partial charge in [0.25, 0.3) is 0 Å². The molecule has 0 spiro atoms. The van der Waals surface area contributed by atoms with E-state index >= 15 is 0 Å². The van der Waals surface area contributed by atoms with Crippen LogP contribution in [0.25, 0.3) is 0 Å². The smallest absolute Gasteiger partial charge is 0.216 e. The predicted molar refractivity (Wildman–Crippen MR) is 92.1 cm³/mol. The number of likely N-dealkylation sites (tertiary alicyclic amines) is 2. The van der Waals surface area contributed by atoms with Gasteiger partial charge in [0.1, 0.15) is 0 Å². The third-order valence-electron chi connectivity index (χ3n) is 6.43. The molecule has 21 heavy (non-hydrogen) atoms. The van der Waals surface area contributed by atoms with Crippen molar-refractivity contribution in [2.45, 2.75) is 83.7 Å². The van der Waals surface area contributed by atoms with E-state index in [-0.39, 0.29) is 0 Å². The van der Waals surface area contributed by atoms with Gasteiger partial charge in [-0.1, -0.05) is 26.2 Å². The summed E-state index contributed by atoms with van der Waals surface area (Å²) in [5.41, 5.74) is 0. The van der Waals surface area contributed by atoms with Gasteiger partial charge in [0.05, 0.1) is 46.7 Å². The van der Waals surface area contributed by atoms with Crippen LogP contribution in [0.15, 0.2) is 0 Å². The molecule has 2 aliphatic rings. The second-order valence-corrected chi connectivity index (χ2v) is 8.30. The molecule has 0 aromatic carbocycles. The van der Waals surface area contributed by atoms with Gasteiger partial charge in [0, 0.05) is 0 Å². The molecule has 0 aliphatic carbocycles. The fourth-order valence-corrected chi connectivity index (χ4v) is 5.12. The van der Waals surface area contributed by atoms with Crippen molar-refractivity contribution in [2.75, 3.05) is 40.3 Å². The molecule has 0 aromatic rings. The van der Waals surface area contributed by atoms with E-state index in [4.69, 9.17) is 0 Å². The molecule has 0 aromatic heterocycles. The van der Waals surface area contributed by atoms with Gasteiger partial charge < -0.3 is 0 Å². The maximum absolute atomic E-state index is 2.59. The van der Waals surface area contributed by atoms with Crippen LogP contribution in [0.2, 0.25) is 0 Å². The number of piperidine rings is 2. The summed E-state index contributed by atoms with van der Waals surface area (Å²) in [7, 11) is 5.17. The second kappa shape index (κ2) is 7.97. The summed E-state index contributed by atoms with van der Waals surface area (Å²) in [6.45, 7) is 8.08. The first-order chi connectivity index (χ1) is 10.1. The number of quaternary nitrogens is 2. The second-order valence-electron chi connectivity index (χ2n) is 8.30. The van der Waals surface area contributed by atoms with Crippen LogP contribution >= 0.6 is 0 Å². The lowest BCUT2D eigenvalue weighted by Crippen LogP contribution is -2.69. The summed E-state index contributed by atoms with van der Waals surface area (Å²) in [5, 5.41) is 0. The number of nitrogens with zero attached hydrogens (tertiary/aromatic N) is 2.